The number of aryl methyl sites for hydroxylation is 1. The van der Waals surface area contributed by atoms with Gasteiger partial charge in [0.25, 0.3) is 0 Å². The van der Waals surface area contributed by atoms with Gasteiger partial charge < -0.3 is 15.0 Å². The number of ether oxygens (including phenoxy) is 1. The summed E-state index contributed by atoms with van der Waals surface area (Å²) >= 11 is 0. The Morgan fingerprint density at radius 1 is 1.18 bits per heavy atom. The highest BCUT2D eigenvalue weighted by atomic mass is 16.5. The van der Waals surface area contributed by atoms with Crippen molar-refractivity contribution in [3.63, 3.8) is 0 Å². The first-order chi connectivity index (χ1) is 10.7. The summed E-state index contributed by atoms with van der Waals surface area (Å²) in [6.07, 6.45) is 0. The maximum atomic E-state index is 9.60. The lowest BCUT2D eigenvalue weighted by atomic mass is 10.1. The van der Waals surface area contributed by atoms with Crippen molar-refractivity contribution in [2.45, 2.75) is 6.92 Å². The molecule has 0 spiro atoms. The van der Waals surface area contributed by atoms with Crippen molar-refractivity contribution >= 4 is 16.6 Å². The number of hydrogen-bond acceptors (Lipinski definition) is 3. The first-order valence-corrected chi connectivity index (χ1v) is 7.17. The second-order valence-electron chi connectivity index (χ2n) is 5.13. The first-order valence-electron chi connectivity index (χ1n) is 7.17. The van der Waals surface area contributed by atoms with E-state index < -0.39 is 0 Å². The van der Waals surface area contributed by atoms with Gasteiger partial charge in [0.2, 0.25) is 0 Å². The highest BCUT2D eigenvalue weighted by Crippen LogP contribution is 2.34. The fraction of sp³-hybridized carbons (Fsp3) is 0.167. The van der Waals surface area contributed by atoms with E-state index in [-0.39, 0.29) is 0 Å². The first kappa shape index (κ1) is 14.0. The van der Waals surface area contributed by atoms with Crippen LogP contribution in [0.2, 0.25) is 0 Å². The predicted molar refractivity (Wildman–Crippen MR) is 88.7 cm³/mol. The number of aromatic nitrogens is 1. The number of nitrogens with two attached hydrogens (primary N) is 1. The number of hydrogen-bond donors (Lipinski definition) is 1. The molecule has 0 aliphatic carbocycles. The van der Waals surface area contributed by atoms with E-state index in [1.165, 1.54) is 0 Å². The zero-order valence-corrected chi connectivity index (χ0v) is 12.6. The minimum atomic E-state index is 0.617. The van der Waals surface area contributed by atoms with Gasteiger partial charge in [-0.3, -0.25) is 0 Å². The summed E-state index contributed by atoms with van der Waals surface area (Å²) in [7, 11) is 1.96. The third-order valence-electron chi connectivity index (χ3n) is 3.78. The standard InChI is InChI=1S/C18H17N3O/c1-3-22-14-8-9-15-16(11-19)18(21(2)17(15)10-14)12-4-6-13(20)7-5-12/h4-10H,3,20H2,1-2H3. The molecule has 22 heavy (non-hydrogen) atoms. The Bertz CT molecular complexity index is 870. The van der Waals surface area contributed by atoms with E-state index in [0.717, 1.165) is 27.9 Å². The van der Waals surface area contributed by atoms with Gasteiger partial charge in [-0.15, -0.1) is 0 Å². The van der Waals surface area contributed by atoms with Gasteiger partial charge in [-0.25, -0.2) is 0 Å². The molecule has 2 aromatic carbocycles. The smallest absolute Gasteiger partial charge is 0.121 e. The van der Waals surface area contributed by atoms with Crippen LogP contribution in [0.15, 0.2) is 42.5 Å². The van der Waals surface area contributed by atoms with Gasteiger partial charge in [-0.05, 0) is 36.8 Å². The summed E-state index contributed by atoms with van der Waals surface area (Å²) < 4.78 is 7.59. The number of fused-ring (bicyclic) bond motifs is 1. The average Bonchev–Trinajstić information content (AvgIpc) is 2.81. The minimum absolute atomic E-state index is 0.617. The Balaban J connectivity index is 2.28. The van der Waals surface area contributed by atoms with Gasteiger partial charge >= 0.3 is 0 Å². The minimum Gasteiger partial charge on any atom is -0.494 e. The molecular formula is C18H17N3O. The number of nitriles is 1. The topological polar surface area (TPSA) is 64.0 Å². The van der Waals surface area contributed by atoms with Crippen LogP contribution in [0.5, 0.6) is 5.75 Å². The van der Waals surface area contributed by atoms with E-state index in [4.69, 9.17) is 10.5 Å². The van der Waals surface area contributed by atoms with Crippen molar-refractivity contribution in [1.82, 2.24) is 4.57 Å². The number of nitrogens with zero attached hydrogens (tertiary/aromatic N) is 2. The predicted octanol–water partition coefficient (Wildman–Crippen LogP) is 3.70. The molecule has 0 bridgehead atoms. The van der Waals surface area contributed by atoms with Crippen LogP contribution in [-0.2, 0) is 7.05 Å². The summed E-state index contributed by atoms with van der Waals surface area (Å²) in [5.41, 5.74) is 9.98. The SMILES string of the molecule is CCOc1ccc2c(C#N)c(-c3ccc(N)cc3)n(C)c2c1. The van der Waals surface area contributed by atoms with E-state index in [1.807, 2.05) is 61.0 Å². The summed E-state index contributed by atoms with van der Waals surface area (Å²) in [6, 6.07) is 15.7. The van der Waals surface area contributed by atoms with Crippen molar-refractivity contribution in [2.75, 3.05) is 12.3 Å². The molecule has 0 fully saturated rings. The van der Waals surface area contributed by atoms with Gasteiger partial charge in [-0.1, -0.05) is 12.1 Å². The van der Waals surface area contributed by atoms with Gasteiger partial charge in [-0.2, -0.15) is 5.26 Å². The van der Waals surface area contributed by atoms with E-state index in [9.17, 15) is 5.26 Å². The number of rotatable bonds is 3. The second-order valence-corrected chi connectivity index (χ2v) is 5.13. The van der Waals surface area contributed by atoms with Crippen LogP contribution in [0.1, 0.15) is 12.5 Å². The van der Waals surface area contributed by atoms with E-state index in [1.54, 1.807) is 0 Å². The maximum Gasteiger partial charge on any atom is 0.121 e. The molecule has 0 aliphatic heterocycles. The molecule has 3 rings (SSSR count). The van der Waals surface area contributed by atoms with Crippen LogP contribution in [-0.4, -0.2) is 11.2 Å². The van der Waals surface area contributed by atoms with Crippen molar-refractivity contribution < 1.29 is 4.74 Å². The molecule has 0 saturated heterocycles. The molecule has 2 N–H and O–H groups in total. The lowest BCUT2D eigenvalue weighted by molar-refractivity contribution is 0.340. The summed E-state index contributed by atoms with van der Waals surface area (Å²) in [6.45, 7) is 2.57. The van der Waals surface area contributed by atoms with Gasteiger partial charge in [0.1, 0.15) is 11.8 Å². The molecular weight excluding hydrogens is 274 g/mol. The summed E-state index contributed by atoms with van der Waals surface area (Å²) in [4.78, 5) is 0. The van der Waals surface area contributed by atoms with Crippen LogP contribution in [0.4, 0.5) is 5.69 Å². The molecule has 1 heterocycles. The molecule has 0 radical (unpaired) electrons. The Hall–Kier alpha value is -2.93. The highest BCUT2D eigenvalue weighted by Gasteiger charge is 2.17. The lowest BCUT2D eigenvalue weighted by Gasteiger charge is -2.06. The molecule has 0 amide bonds. The third kappa shape index (κ3) is 2.17. The third-order valence-corrected chi connectivity index (χ3v) is 3.78. The zero-order valence-electron chi connectivity index (χ0n) is 12.6. The Kier molecular flexibility index (Phi) is 3.48. The highest BCUT2D eigenvalue weighted by molar-refractivity contribution is 5.95. The molecule has 1 aromatic heterocycles. The summed E-state index contributed by atoms with van der Waals surface area (Å²) in [5, 5.41) is 10.5. The lowest BCUT2D eigenvalue weighted by Crippen LogP contribution is -1.94. The van der Waals surface area contributed by atoms with Crippen LogP contribution in [0.25, 0.3) is 22.2 Å². The van der Waals surface area contributed by atoms with Crippen molar-refractivity contribution in [3.8, 4) is 23.1 Å². The van der Waals surface area contributed by atoms with Crippen molar-refractivity contribution in [3.05, 3.63) is 48.0 Å². The Morgan fingerprint density at radius 3 is 2.55 bits per heavy atom. The fourth-order valence-electron chi connectivity index (χ4n) is 2.76. The van der Waals surface area contributed by atoms with Crippen molar-refractivity contribution in [1.29, 1.82) is 5.26 Å². The van der Waals surface area contributed by atoms with Crippen LogP contribution in [0, 0.1) is 11.3 Å². The molecule has 0 saturated carbocycles. The van der Waals surface area contributed by atoms with Crippen LogP contribution in [0.3, 0.4) is 0 Å². The molecule has 0 unspecified atom stereocenters. The number of benzene rings is 2. The Labute approximate surface area is 129 Å². The molecule has 4 heteroatoms. The molecule has 0 aliphatic rings. The average molecular weight is 291 g/mol. The quantitative estimate of drug-likeness (QED) is 0.748. The Morgan fingerprint density at radius 2 is 1.91 bits per heavy atom. The van der Waals surface area contributed by atoms with E-state index in [2.05, 4.69) is 6.07 Å². The molecule has 110 valence electrons. The zero-order chi connectivity index (χ0) is 15.7. The van der Waals surface area contributed by atoms with E-state index in [0.29, 0.717) is 17.9 Å². The van der Waals surface area contributed by atoms with Crippen LogP contribution >= 0.6 is 0 Å². The summed E-state index contributed by atoms with van der Waals surface area (Å²) in [5.74, 6) is 0.809. The normalized spacial score (nSPS) is 10.6. The largest absolute Gasteiger partial charge is 0.494 e. The molecule has 4 nitrogen and oxygen atoms in total. The van der Waals surface area contributed by atoms with Crippen LogP contribution < -0.4 is 10.5 Å². The van der Waals surface area contributed by atoms with E-state index >= 15 is 0 Å². The molecule has 3 aromatic rings. The van der Waals surface area contributed by atoms with Crippen molar-refractivity contribution in [2.24, 2.45) is 7.05 Å². The maximum absolute atomic E-state index is 9.60. The molecule has 0 atom stereocenters. The number of anilines is 1. The van der Waals surface area contributed by atoms with Gasteiger partial charge in [0, 0.05) is 24.2 Å². The van der Waals surface area contributed by atoms with Gasteiger partial charge in [0.05, 0.1) is 23.4 Å². The number of nitrogen functional groups attached to an aromatic ring is 1. The van der Waals surface area contributed by atoms with Gasteiger partial charge in [0.15, 0.2) is 0 Å². The second kappa shape index (κ2) is 5.45. The fourth-order valence-corrected chi connectivity index (χ4v) is 2.76. The monoisotopic (exact) mass is 291 g/mol.